The Labute approximate surface area is 334 Å². The number of likely N-dealkylation sites (tertiary alicyclic amines) is 1. The van der Waals surface area contributed by atoms with E-state index in [4.69, 9.17) is 0 Å². The largest absolute Gasteiger partial charge is 0.432 e. The van der Waals surface area contributed by atoms with Crippen LogP contribution in [-0.4, -0.2) is 101 Å². The molecule has 4 aromatic rings. The van der Waals surface area contributed by atoms with Crippen molar-refractivity contribution in [3.05, 3.63) is 65.5 Å². The standard InChI is InChI=1S/C40H42F2N10O5S/c1-49-34-20-28(5-7-33(34)36(48-49)52-18-12-35(53)47-39(52)54)26-8-13-40(14-9-26)24-50(25-40)15-2-3-27-19-32(6-4-29(27)21-43)58(55,56)51-16-10-30(11-17-51)46-38-44-22-31(23-45-38)57-37(41)42/h4-7,19-20,22-23,26,30,37H,8-18,24-25H2,1H3,(H,44,45,46)(H,47,53,54). The van der Waals surface area contributed by atoms with Gasteiger partial charge < -0.3 is 10.1 Å². The first-order valence-corrected chi connectivity index (χ1v) is 20.7. The van der Waals surface area contributed by atoms with Crippen LogP contribution in [0.4, 0.5) is 25.3 Å². The second-order valence-electron chi connectivity index (χ2n) is 15.5. The molecule has 0 radical (unpaired) electrons. The lowest BCUT2D eigenvalue weighted by atomic mass is 9.65. The van der Waals surface area contributed by atoms with Crippen LogP contribution in [0, 0.1) is 28.6 Å². The highest BCUT2D eigenvalue weighted by Gasteiger charge is 2.45. The van der Waals surface area contributed by atoms with Crippen LogP contribution in [-0.2, 0) is 21.9 Å². The fourth-order valence-corrected chi connectivity index (χ4v) is 10.1. The third-order valence-electron chi connectivity index (χ3n) is 11.7. The first-order chi connectivity index (χ1) is 27.9. The molecule has 5 heterocycles. The number of carbonyl (C=O) groups is 2. The van der Waals surface area contributed by atoms with Gasteiger partial charge in [0, 0.05) is 63.2 Å². The first-order valence-electron chi connectivity index (χ1n) is 19.3. The van der Waals surface area contributed by atoms with E-state index in [2.05, 4.69) is 65.4 Å². The van der Waals surface area contributed by atoms with Crippen molar-refractivity contribution in [2.75, 3.05) is 49.5 Å². The minimum absolute atomic E-state index is 0.0786. The lowest BCUT2D eigenvalue weighted by molar-refractivity contribution is -0.120. The number of hydrogen-bond donors (Lipinski definition) is 2. The molecule has 0 bridgehead atoms. The van der Waals surface area contributed by atoms with Crippen LogP contribution < -0.4 is 20.3 Å². The summed E-state index contributed by atoms with van der Waals surface area (Å²) in [6.07, 6.45) is 7.83. The molecule has 3 saturated heterocycles. The van der Waals surface area contributed by atoms with Crippen LogP contribution in [0.25, 0.3) is 10.9 Å². The number of aromatic nitrogens is 4. The smallest absolute Gasteiger partial charge is 0.387 e. The SMILES string of the molecule is Cn1nc(N2CCC(=O)NC2=O)c2ccc(C3CCC4(CC3)CN(CC#Cc3cc(S(=O)(=O)N5CCC(Nc6ncc(OC(F)F)cn6)CC5)ccc3C#N)C4)cc21. The molecule has 15 nitrogen and oxygen atoms in total. The van der Waals surface area contributed by atoms with Gasteiger partial charge in [0.25, 0.3) is 0 Å². The van der Waals surface area contributed by atoms with Crippen molar-refractivity contribution in [1.29, 1.82) is 5.26 Å². The molecule has 8 rings (SSSR count). The van der Waals surface area contributed by atoms with Crippen molar-refractivity contribution >= 4 is 44.6 Å². The van der Waals surface area contributed by atoms with Gasteiger partial charge in [-0.25, -0.2) is 23.2 Å². The molecule has 58 heavy (non-hydrogen) atoms. The van der Waals surface area contributed by atoms with Gasteiger partial charge in [-0.05, 0) is 85.8 Å². The van der Waals surface area contributed by atoms with E-state index in [1.165, 1.54) is 33.0 Å². The summed E-state index contributed by atoms with van der Waals surface area (Å²) in [7, 11) is -1.98. The molecule has 2 aromatic carbocycles. The molecule has 0 unspecified atom stereocenters. The minimum atomic E-state index is -3.85. The summed E-state index contributed by atoms with van der Waals surface area (Å²) in [4.78, 5) is 36.0. The molecule has 3 amide bonds. The second kappa shape index (κ2) is 15.9. The first kappa shape index (κ1) is 39.2. The fourth-order valence-electron chi connectivity index (χ4n) is 8.63. The molecule has 4 fully saturated rings. The second-order valence-corrected chi connectivity index (χ2v) is 17.4. The molecule has 1 aliphatic carbocycles. The number of ether oxygens (including phenoxy) is 1. The zero-order valence-corrected chi connectivity index (χ0v) is 32.6. The Bertz CT molecular complexity index is 2440. The average molecular weight is 813 g/mol. The van der Waals surface area contributed by atoms with E-state index in [1.807, 2.05) is 13.1 Å². The number of aryl methyl sites for hydroxylation is 1. The number of anilines is 2. The number of hydrogen-bond acceptors (Lipinski definition) is 11. The third-order valence-corrected chi connectivity index (χ3v) is 13.6. The predicted molar refractivity (Wildman–Crippen MR) is 208 cm³/mol. The lowest BCUT2D eigenvalue weighted by Gasteiger charge is -2.53. The van der Waals surface area contributed by atoms with Crippen molar-refractivity contribution in [1.82, 2.24) is 34.3 Å². The summed E-state index contributed by atoms with van der Waals surface area (Å²) in [6, 6.07) is 12.4. The minimum Gasteiger partial charge on any atom is -0.432 e. The van der Waals surface area contributed by atoms with E-state index in [1.54, 1.807) is 4.68 Å². The zero-order valence-electron chi connectivity index (χ0n) is 31.8. The third kappa shape index (κ3) is 8.05. The Morgan fingerprint density at radius 2 is 1.76 bits per heavy atom. The van der Waals surface area contributed by atoms with Crippen LogP contribution in [0.1, 0.15) is 67.6 Å². The highest BCUT2D eigenvalue weighted by molar-refractivity contribution is 7.89. The maximum atomic E-state index is 13.6. The van der Waals surface area contributed by atoms with E-state index < -0.39 is 22.7 Å². The number of alkyl halides is 2. The number of rotatable bonds is 9. The molecule has 18 heteroatoms. The van der Waals surface area contributed by atoms with Gasteiger partial charge in [0.1, 0.15) is 6.07 Å². The Morgan fingerprint density at radius 3 is 2.45 bits per heavy atom. The van der Waals surface area contributed by atoms with Crippen LogP contribution in [0.5, 0.6) is 5.75 Å². The number of carbonyl (C=O) groups excluding carboxylic acids is 2. The van der Waals surface area contributed by atoms with E-state index in [-0.39, 0.29) is 53.5 Å². The number of nitriles is 1. The van der Waals surface area contributed by atoms with Crippen molar-refractivity contribution in [2.24, 2.45) is 12.5 Å². The van der Waals surface area contributed by atoms with E-state index >= 15 is 0 Å². The van der Waals surface area contributed by atoms with Crippen LogP contribution >= 0.6 is 0 Å². The van der Waals surface area contributed by atoms with Crippen LogP contribution in [0.2, 0.25) is 0 Å². The molecule has 302 valence electrons. The van der Waals surface area contributed by atoms with Gasteiger partial charge in [0.05, 0.1) is 34.9 Å². The zero-order chi connectivity index (χ0) is 40.6. The molecular weight excluding hydrogens is 771 g/mol. The molecular formula is C40H42F2N10O5S. The number of piperidine rings is 1. The number of fused-ring (bicyclic) bond motifs is 1. The number of nitrogens with zero attached hydrogens (tertiary/aromatic N) is 8. The Hall–Kier alpha value is -5.69. The summed E-state index contributed by atoms with van der Waals surface area (Å²) in [6.45, 7) is 0.213. The Morgan fingerprint density at radius 1 is 1.02 bits per heavy atom. The van der Waals surface area contributed by atoms with Gasteiger partial charge in [0.2, 0.25) is 21.9 Å². The maximum Gasteiger partial charge on any atom is 0.387 e. The van der Waals surface area contributed by atoms with Crippen molar-refractivity contribution < 1.29 is 31.5 Å². The number of benzene rings is 2. The summed E-state index contributed by atoms with van der Waals surface area (Å²) in [5, 5.41) is 20.8. The molecule has 2 aromatic heterocycles. The van der Waals surface area contributed by atoms with Crippen LogP contribution in [0.15, 0.2) is 53.7 Å². The highest BCUT2D eigenvalue weighted by Crippen LogP contribution is 2.48. The van der Waals surface area contributed by atoms with E-state index in [9.17, 15) is 32.0 Å². The lowest BCUT2D eigenvalue weighted by Crippen LogP contribution is -2.57. The summed E-state index contributed by atoms with van der Waals surface area (Å²) >= 11 is 0. The number of urea groups is 1. The Kier molecular flexibility index (Phi) is 10.7. The fraction of sp³-hybridized carbons (Fsp3) is 0.450. The molecule has 1 saturated carbocycles. The van der Waals surface area contributed by atoms with Crippen molar-refractivity contribution in [3.63, 3.8) is 0 Å². The number of amides is 3. The topological polar surface area (TPSA) is 179 Å². The normalized spacial score (nSPS) is 19.4. The van der Waals surface area contributed by atoms with Crippen molar-refractivity contribution in [2.45, 2.75) is 68.4 Å². The molecule has 4 aliphatic rings. The molecule has 0 atom stereocenters. The summed E-state index contributed by atoms with van der Waals surface area (Å²) < 4.78 is 59.6. The van der Waals surface area contributed by atoms with Gasteiger partial charge in [0.15, 0.2) is 11.6 Å². The van der Waals surface area contributed by atoms with E-state index in [0.717, 1.165) is 62.1 Å². The average Bonchev–Trinajstić information content (AvgIpc) is 3.53. The van der Waals surface area contributed by atoms with Gasteiger partial charge in [-0.3, -0.25) is 24.6 Å². The van der Waals surface area contributed by atoms with Gasteiger partial charge in [-0.1, -0.05) is 17.9 Å². The quantitative estimate of drug-likeness (QED) is 0.227. The molecule has 1 spiro atoms. The van der Waals surface area contributed by atoms with Gasteiger partial charge in [-0.15, -0.1) is 0 Å². The summed E-state index contributed by atoms with van der Waals surface area (Å²) in [5.74, 6) is 7.05. The number of halogens is 2. The van der Waals surface area contributed by atoms with Crippen LogP contribution in [0.3, 0.4) is 0 Å². The van der Waals surface area contributed by atoms with Crippen molar-refractivity contribution in [3.8, 4) is 23.7 Å². The predicted octanol–water partition coefficient (Wildman–Crippen LogP) is 4.56. The van der Waals surface area contributed by atoms with Gasteiger partial charge in [-0.2, -0.15) is 23.4 Å². The maximum absolute atomic E-state index is 13.6. The number of nitrogens with one attached hydrogen (secondary N) is 2. The highest BCUT2D eigenvalue weighted by atomic mass is 32.2. The molecule has 3 aliphatic heterocycles. The monoisotopic (exact) mass is 812 g/mol. The van der Waals surface area contributed by atoms with E-state index in [0.29, 0.717) is 48.8 Å². The summed E-state index contributed by atoms with van der Waals surface area (Å²) in [5.41, 5.74) is 3.15. The van der Waals surface area contributed by atoms with Gasteiger partial charge >= 0.3 is 12.6 Å². The number of sulfonamides is 1. The molecule has 2 N–H and O–H groups in total. The number of imide groups is 1. The Balaban J connectivity index is 0.832.